The van der Waals surface area contributed by atoms with Crippen LogP contribution >= 0.6 is 15.9 Å². The Hall–Kier alpha value is -1.14. The van der Waals surface area contributed by atoms with Crippen LogP contribution in [0.15, 0.2) is 10.7 Å². The fourth-order valence-electron chi connectivity index (χ4n) is 2.00. The van der Waals surface area contributed by atoms with Crippen molar-refractivity contribution in [1.29, 1.82) is 0 Å². The zero-order valence-corrected chi connectivity index (χ0v) is 12.7. The van der Waals surface area contributed by atoms with Gasteiger partial charge < -0.3 is 5.32 Å². The van der Waals surface area contributed by atoms with Crippen LogP contribution < -0.4 is 5.32 Å². The molecule has 0 fully saturated rings. The van der Waals surface area contributed by atoms with Crippen molar-refractivity contribution >= 4 is 15.9 Å². The molecule has 2 aromatic rings. The van der Waals surface area contributed by atoms with Crippen molar-refractivity contribution in [3.8, 4) is 0 Å². The van der Waals surface area contributed by atoms with Crippen LogP contribution in [0.5, 0.6) is 0 Å². The minimum Gasteiger partial charge on any atom is -0.316 e. The maximum atomic E-state index is 4.44. The summed E-state index contributed by atoms with van der Waals surface area (Å²) in [6.45, 7) is 5.66. The first-order chi connectivity index (χ1) is 8.54. The van der Waals surface area contributed by atoms with E-state index in [2.05, 4.69) is 38.4 Å². The van der Waals surface area contributed by atoms with Gasteiger partial charge in [0.2, 0.25) is 0 Å². The molecule has 0 amide bonds. The van der Waals surface area contributed by atoms with Gasteiger partial charge >= 0.3 is 0 Å². The first kappa shape index (κ1) is 13.3. The largest absolute Gasteiger partial charge is 0.316 e. The summed E-state index contributed by atoms with van der Waals surface area (Å²) in [5, 5.41) is 12.0. The molecule has 18 heavy (non-hydrogen) atoms. The minimum atomic E-state index is 0.730. The molecule has 0 aromatic carbocycles. The molecule has 0 aliphatic carbocycles. The second kappa shape index (κ2) is 5.24. The van der Waals surface area contributed by atoms with Gasteiger partial charge in [-0.25, -0.2) is 0 Å². The third-order valence-corrected chi connectivity index (χ3v) is 4.16. The molecule has 0 saturated heterocycles. The van der Waals surface area contributed by atoms with Crippen molar-refractivity contribution in [2.45, 2.75) is 26.9 Å². The summed E-state index contributed by atoms with van der Waals surface area (Å²) in [6, 6.07) is 0. The zero-order chi connectivity index (χ0) is 13.3. The van der Waals surface area contributed by atoms with Gasteiger partial charge in [-0.15, -0.1) is 0 Å². The van der Waals surface area contributed by atoms with Crippen molar-refractivity contribution in [2.75, 3.05) is 7.05 Å². The Kier molecular flexibility index (Phi) is 3.87. The number of hydrogen-bond acceptors (Lipinski definition) is 3. The third kappa shape index (κ3) is 2.35. The molecule has 0 aliphatic rings. The lowest BCUT2D eigenvalue weighted by atomic mass is 10.2. The standard InChI is InChI=1S/C12H18BrN5/c1-8-12(13)11(17(4)16-8)7-18-9(2)10(5-14-3)6-15-18/h6,14H,5,7H2,1-4H3. The zero-order valence-electron chi connectivity index (χ0n) is 11.2. The molecule has 0 bridgehead atoms. The monoisotopic (exact) mass is 311 g/mol. The SMILES string of the molecule is CNCc1cnn(Cc2c(Br)c(C)nn2C)c1C. The molecule has 0 atom stereocenters. The molecule has 0 radical (unpaired) electrons. The molecule has 1 N–H and O–H groups in total. The van der Waals surface area contributed by atoms with E-state index in [1.54, 1.807) is 0 Å². The number of aromatic nitrogens is 4. The van der Waals surface area contributed by atoms with E-state index < -0.39 is 0 Å². The summed E-state index contributed by atoms with van der Waals surface area (Å²) in [5.74, 6) is 0. The molecule has 0 unspecified atom stereocenters. The second-order valence-corrected chi connectivity index (χ2v) is 5.21. The highest BCUT2D eigenvalue weighted by Gasteiger charge is 2.13. The fraction of sp³-hybridized carbons (Fsp3) is 0.500. The molecule has 6 heteroatoms. The van der Waals surface area contributed by atoms with Crippen molar-refractivity contribution < 1.29 is 0 Å². The highest BCUT2D eigenvalue weighted by Crippen LogP contribution is 2.21. The first-order valence-electron chi connectivity index (χ1n) is 5.88. The lowest BCUT2D eigenvalue weighted by molar-refractivity contribution is 0.604. The van der Waals surface area contributed by atoms with E-state index in [4.69, 9.17) is 0 Å². The van der Waals surface area contributed by atoms with E-state index in [0.717, 1.165) is 29.0 Å². The second-order valence-electron chi connectivity index (χ2n) is 4.41. The minimum absolute atomic E-state index is 0.730. The van der Waals surface area contributed by atoms with Crippen LogP contribution in [0.1, 0.15) is 22.6 Å². The maximum absolute atomic E-state index is 4.44. The van der Waals surface area contributed by atoms with Crippen molar-refractivity contribution in [1.82, 2.24) is 24.9 Å². The molecule has 0 spiro atoms. The number of nitrogens with zero attached hydrogens (tertiary/aromatic N) is 4. The molecule has 0 saturated carbocycles. The predicted octanol–water partition coefficient (Wildman–Crippen LogP) is 1.76. The molecule has 5 nitrogen and oxygen atoms in total. The Labute approximate surface area is 115 Å². The summed E-state index contributed by atoms with van der Waals surface area (Å²) in [7, 11) is 3.90. The Morgan fingerprint density at radius 2 is 2.11 bits per heavy atom. The average Bonchev–Trinajstić information content (AvgIpc) is 2.78. The van der Waals surface area contributed by atoms with Crippen molar-refractivity contribution in [2.24, 2.45) is 7.05 Å². The summed E-state index contributed by atoms with van der Waals surface area (Å²) >= 11 is 3.58. The molecule has 0 aliphatic heterocycles. The van der Waals surface area contributed by atoms with E-state index in [0.29, 0.717) is 0 Å². The van der Waals surface area contributed by atoms with Gasteiger partial charge in [0, 0.05) is 24.8 Å². The van der Waals surface area contributed by atoms with Crippen LogP contribution in [-0.2, 0) is 20.1 Å². The number of nitrogens with one attached hydrogen (secondary N) is 1. The highest BCUT2D eigenvalue weighted by atomic mass is 79.9. The van der Waals surface area contributed by atoms with Gasteiger partial charge in [0.1, 0.15) is 0 Å². The Morgan fingerprint density at radius 1 is 1.39 bits per heavy atom. The average molecular weight is 312 g/mol. The van der Waals surface area contributed by atoms with Gasteiger partial charge in [0.15, 0.2) is 0 Å². The van der Waals surface area contributed by atoms with Crippen LogP contribution in [0, 0.1) is 13.8 Å². The lowest BCUT2D eigenvalue weighted by Crippen LogP contribution is -2.10. The maximum Gasteiger partial charge on any atom is 0.0842 e. The van der Waals surface area contributed by atoms with Crippen LogP contribution in [0.25, 0.3) is 0 Å². The van der Waals surface area contributed by atoms with E-state index in [1.165, 1.54) is 11.3 Å². The summed E-state index contributed by atoms with van der Waals surface area (Å²) in [5.41, 5.74) is 4.56. The van der Waals surface area contributed by atoms with Crippen LogP contribution in [0.2, 0.25) is 0 Å². The summed E-state index contributed by atoms with van der Waals surface area (Å²) in [4.78, 5) is 0. The topological polar surface area (TPSA) is 47.7 Å². The van der Waals surface area contributed by atoms with E-state index >= 15 is 0 Å². The molecule has 98 valence electrons. The number of rotatable bonds is 4. The smallest absolute Gasteiger partial charge is 0.0842 e. The van der Waals surface area contributed by atoms with Crippen LogP contribution in [-0.4, -0.2) is 26.6 Å². The third-order valence-electron chi connectivity index (χ3n) is 3.13. The Balaban J connectivity index is 2.29. The number of hydrogen-bond donors (Lipinski definition) is 1. The van der Waals surface area contributed by atoms with Gasteiger partial charge in [0.25, 0.3) is 0 Å². The molecule has 2 heterocycles. The van der Waals surface area contributed by atoms with Gasteiger partial charge in [-0.05, 0) is 36.8 Å². The highest BCUT2D eigenvalue weighted by molar-refractivity contribution is 9.10. The quantitative estimate of drug-likeness (QED) is 0.936. The van der Waals surface area contributed by atoms with Gasteiger partial charge in [0.05, 0.1) is 28.6 Å². The first-order valence-corrected chi connectivity index (χ1v) is 6.67. The predicted molar refractivity (Wildman–Crippen MR) is 74.5 cm³/mol. The molecule has 2 rings (SSSR count). The van der Waals surface area contributed by atoms with Crippen LogP contribution in [0.3, 0.4) is 0 Å². The molecular formula is C12H18BrN5. The number of halogens is 1. The Morgan fingerprint density at radius 3 is 2.67 bits per heavy atom. The van der Waals surface area contributed by atoms with Crippen molar-refractivity contribution in [3.63, 3.8) is 0 Å². The lowest BCUT2D eigenvalue weighted by Gasteiger charge is -2.07. The normalized spacial score (nSPS) is 11.2. The summed E-state index contributed by atoms with van der Waals surface area (Å²) in [6.07, 6.45) is 1.92. The number of aryl methyl sites for hydroxylation is 2. The fourth-order valence-corrected chi connectivity index (χ4v) is 2.46. The van der Waals surface area contributed by atoms with Gasteiger partial charge in [-0.2, -0.15) is 10.2 Å². The summed E-state index contributed by atoms with van der Waals surface area (Å²) < 4.78 is 4.97. The van der Waals surface area contributed by atoms with E-state index in [9.17, 15) is 0 Å². The van der Waals surface area contributed by atoms with E-state index in [1.807, 2.05) is 36.6 Å². The Bertz CT molecular complexity index is 555. The van der Waals surface area contributed by atoms with Gasteiger partial charge in [-0.3, -0.25) is 9.36 Å². The van der Waals surface area contributed by atoms with Crippen molar-refractivity contribution in [3.05, 3.63) is 33.3 Å². The molecular weight excluding hydrogens is 294 g/mol. The molecule has 2 aromatic heterocycles. The van der Waals surface area contributed by atoms with Crippen LogP contribution in [0.4, 0.5) is 0 Å². The van der Waals surface area contributed by atoms with Gasteiger partial charge in [-0.1, -0.05) is 0 Å². The van der Waals surface area contributed by atoms with E-state index in [-0.39, 0.29) is 0 Å².